The van der Waals surface area contributed by atoms with Crippen LogP contribution in [0.3, 0.4) is 0 Å². The highest BCUT2D eigenvalue weighted by atomic mass is 79.9. The first kappa shape index (κ1) is 11.6. The minimum atomic E-state index is -1.18. The van der Waals surface area contributed by atoms with Gasteiger partial charge in [0.15, 0.2) is 11.6 Å². The van der Waals surface area contributed by atoms with Crippen molar-refractivity contribution in [1.29, 1.82) is 0 Å². The summed E-state index contributed by atoms with van der Waals surface area (Å²) in [6.45, 7) is -0.279. The molecule has 78 valence electrons. The van der Waals surface area contributed by atoms with Gasteiger partial charge in [-0.1, -0.05) is 6.07 Å². The van der Waals surface area contributed by atoms with Crippen LogP contribution in [-0.4, -0.2) is 16.8 Å². The lowest BCUT2D eigenvalue weighted by molar-refractivity contribution is 0.130. The Balaban J connectivity index is 3.04. The van der Waals surface area contributed by atoms with Crippen molar-refractivity contribution in [2.45, 2.75) is 12.5 Å². The smallest absolute Gasteiger partial charge is 0.173 e. The first-order valence-electron chi connectivity index (χ1n) is 4.00. The molecule has 0 fully saturated rings. The molecule has 0 bridgehead atoms. The van der Waals surface area contributed by atoms with Gasteiger partial charge >= 0.3 is 0 Å². The Labute approximate surface area is 88.3 Å². The van der Waals surface area contributed by atoms with Crippen molar-refractivity contribution in [3.8, 4) is 0 Å². The van der Waals surface area contributed by atoms with E-state index in [0.29, 0.717) is 0 Å². The molecule has 0 aliphatic rings. The van der Waals surface area contributed by atoms with E-state index in [0.717, 1.165) is 0 Å². The third kappa shape index (κ3) is 2.29. The maximum atomic E-state index is 13.2. The zero-order chi connectivity index (χ0) is 10.7. The predicted octanol–water partition coefficient (Wildman–Crippen LogP) is 2.14. The van der Waals surface area contributed by atoms with E-state index in [-0.39, 0.29) is 23.1 Å². The summed E-state index contributed by atoms with van der Waals surface area (Å²) in [6, 6.07) is 2.59. The van der Waals surface area contributed by atoms with Crippen LogP contribution in [0.1, 0.15) is 18.1 Å². The number of halogens is 3. The monoisotopic (exact) mass is 266 g/mol. The molecule has 14 heavy (non-hydrogen) atoms. The van der Waals surface area contributed by atoms with Crippen LogP contribution in [-0.2, 0) is 0 Å². The first-order valence-corrected chi connectivity index (χ1v) is 4.79. The van der Waals surface area contributed by atoms with Crippen molar-refractivity contribution in [1.82, 2.24) is 0 Å². The van der Waals surface area contributed by atoms with Gasteiger partial charge < -0.3 is 10.2 Å². The van der Waals surface area contributed by atoms with Crippen LogP contribution in [0.5, 0.6) is 0 Å². The zero-order valence-electron chi connectivity index (χ0n) is 7.17. The highest BCUT2D eigenvalue weighted by molar-refractivity contribution is 9.10. The molecule has 0 saturated heterocycles. The van der Waals surface area contributed by atoms with Gasteiger partial charge in [-0.25, -0.2) is 8.78 Å². The Kier molecular flexibility index (Phi) is 3.97. The molecule has 1 aromatic rings. The van der Waals surface area contributed by atoms with Gasteiger partial charge in [0.05, 0.1) is 10.6 Å². The maximum Gasteiger partial charge on any atom is 0.173 e. The largest absolute Gasteiger partial charge is 0.396 e. The van der Waals surface area contributed by atoms with Crippen LogP contribution < -0.4 is 0 Å². The van der Waals surface area contributed by atoms with Crippen LogP contribution in [0.4, 0.5) is 8.78 Å². The lowest BCUT2D eigenvalue weighted by Crippen LogP contribution is -2.04. The molecule has 1 unspecified atom stereocenters. The van der Waals surface area contributed by atoms with E-state index in [9.17, 15) is 13.9 Å². The van der Waals surface area contributed by atoms with Crippen molar-refractivity contribution < 1.29 is 19.0 Å². The van der Waals surface area contributed by atoms with Crippen molar-refractivity contribution in [2.24, 2.45) is 0 Å². The Morgan fingerprint density at radius 1 is 1.29 bits per heavy atom. The van der Waals surface area contributed by atoms with E-state index in [1.54, 1.807) is 0 Å². The molecule has 0 saturated carbocycles. The molecule has 1 aromatic carbocycles. The summed E-state index contributed by atoms with van der Waals surface area (Å²) in [4.78, 5) is 0. The summed E-state index contributed by atoms with van der Waals surface area (Å²) < 4.78 is 26.2. The van der Waals surface area contributed by atoms with Gasteiger partial charge in [-0.15, -0.1) is 0 Å². The van der Waals surface area contributed by atoms with Gasteiger partial charge in [-0.3, -0.25) is 0 Å². The van der Waals surface area contributed by atoms with Gasteiger partial charge in [-0.2, -0.15) is 0 Å². The van der Waals surface area contributed by atoms with Crippen LogP contribution in [0, 0.1) is 11.6 Å². The quantitative estimate of drug-likeness (QED) is 0.824. The summed E-state index contributed by atoms with van der Waals surface area (Å²) in [6.07, 6.45) is -1.19. The van der Waals surface area contributed by atoms with Gasteiger partial charge in [0, 0.05) is 18.6 Å². The van der Waals surface area contributed by atoms with Gasteiger partial charge in [-0.05, 0) is 22.0 Å². The van der Waals surface area contributed by atoms with Gasteiger partial charge in [0.2, 0.25) is 0 Å². The van der Waals surface area contributed by atoms with Crippen LogP contribution in [0.25, 0.3) is 0 Å². The predicted molar refractivity (Wildman–Crippen MR) is 50.7 cm³/mol. The van der Waals surface area contributed by atoms with Crippen molar-refractivity contribution in [2.75, 3.05) is 6.61 Å². The molecule has 0 aliphatic heterocycles. The van der Waals surface area contributed by atoms with Crippen molar-refractivity contribution in [3.05, 3.63) is 33.8 Å². The molecule has 0 amide bonds. The summed E-state index contributed by atoms with van der Waals surface area (Å²) in [5.41, 5.74) is -0.139. The summed E-state index contributed by atoms with van der Waals surface area (Å²) in [5, 5.41) is 17.9. The molecular weight excluding hydrogens is 258 g/mol. The fraction of sp³-hybridized carbons (Fsp3) is 0.333. The minimum absolute atomic E-state index is 0.00921. The molecule has 2 N–H and O–H groups in total. The van der Waals surface area contributed by atoms with Crippen LogP contribution >= 0.6 is 15.9 Å². The normalized spacial score (nSPS) is 12.9. The molecule has 1 rings (SSSR count). The van der Waals surface area contributed by atoms with E-state index in [4.69, 9.17) is 5.11 Å². The second-order valence-electron chi connectivity index (χ2n) is 2.79. The highest BCUT2D eigenvalue weighted by Crippen LogP contribution is 2.26. The standard InChI is InChI=1S/C9H9BrF2O2/c10-6-2-1-5(7(14)3-4-13)8(11)9(6)12/h1-2,7,13-14H,3-4H2. The average Bonchev–Trinajstić information content (AvgIpc) is 2.15. The summed E-state index contributed by atoms with van der Waals surface area (Å²) in [5.74, 6) is -2.11. The third-order valence-electron chi connectivity index (χ3n) is 1.83. The van der Waals surface area contributed by atoms with Gasteiger partial charge in [0.25, 0.3) is 0 Å². The summed E-state index contributed by atoms with van der Waals surface area (Å²) >= 11 is 2.82. The van der Waals surface area contributed by atoms with Crippen molar-refractivity contribution in [3.63, 3.8) is 0 Å². The average molecular weight is 267 g/mol. The first-order chi connectivity index (χ1) is 6.57. The fourth-order valence-electron chi connectivity index (χ4n) is 1.08. The number of rotatable bonds is 3. The molecule has 0 spiro atoms. The SMILES string of the molecule is OCCC(O)c1ccc(Br)c(F)c1F. The van der Waals surface area contributed by atoms with Crippen molar-refractivity contribution >= 4 is 15.9 Å². The van der Waals surface area contributed by atoms with E-state index >= 15 is 0 Å². The minimum Gasteiger partial charge on any atom is -0.396 e. The number of aliphatic hydroxyl groups excluding tert-OH is 2. The summed E-state index contributed by atoms with van der Waals surface area (Å²) in [7, 11) is 0. The molecule has 0 aliphatic carbocycles. The number of benzene rings is 1. The Morgan fingerprint density at radius 3 is 2.50 bits per heavy atom. The molecule has 0 heterocycles. The number of hydrogen-bond acceptors (Lipinski definition) is 2. The lowest BCUT2D eigenvalue weighted by Gasteiger charge is -2.11. The second-order valence-corrected chi connectivity index (χ2v) is 3.65. The maximum absolute atomic E-state index is 13.2. The Morgan fingerprint density at radius 2 is 1.93 bits per heavy atom. The van der Waals surface area contributed by atoms with Crippen LogP contribution in [0.15, 0.2) is 16.6 Å². The van der Waals surface area contributed by atoms with Gasteiger partial charge in [0.1, 0.15) is 0 Å². The van der Waals surface area contributed by atoms with E-state index in [1.165, 1.54) is 12.1 Å². The molecule has 1 atom stereocenters. The molecular formula is C9H9BrF2O2. The molecule has 5 heteroatoms. The number of hydrogen-bond donors (Lipinski definition) is 2. The van der Waals surface area contributed by atoms with E-state index in [2.05, 4.69) is 15.9 Å². The number of aliphatic hydroxyl groups is 2. The fourth-order valence-corrected chi connectivity index (χ4v) is 1.38. The molecule has 0 radical (unpaired) electrons. The second kappa shape index (κ2) is 4.82. The van der Waals surface area contributed by atoms with Crippen LogP contribution in [0.2, 0.25) is 0 Å². The molecule has 2 nitrogen and oxygen atoms in total. The Bertz CT molecular complexity index is 331. The zero-order valence-corrected chi connectivity index (χ0v) is 8.76. The Hall–Kier alpha value is -0.520. The van der Waals surface area contributed by atoms with E-state index < -0.39 is 17.7 Å². The van der Waals surface area contributed by atoms with E-state index in [1.807, 2.05) is 0 Å². The lowest BCUT2D eigenvalue weighted by atomic mass is 10.1. The highest BCUT2D eigenvalue weighted by Gasteiger charge is 2.17. The topological polar surface area (TPSA) is 40.5 Å². The molecule has 0 aromatic heterocycles. The third-order valence-corrected chi connectivity index (χ3v) is 2.44.